The third-order valence-electron chi connectivity index (χ3n) is 3.59. The first-order chi connectivity index (χ1) is 10.4. The Morgan fingerprint density at radius 1 is 1.45 bits per heavy atom. The van der Waals surface area contributed by atoms with E-state index in [-0.39, 0.29) is 17.4 Å². The number of amides is 1. The lowest BCUT2D eigenvalue weighted by molar-refractivity contribution is 0.0684. The third-order valence-corrected chi connectivity index (χ3v) is 3.59. The highest BCUT2D eigenvalue weighted by atomic mass is 16.4. The van der Waals surface area contributed by atoms with E-state index >= 15 is 0 Å². The fourth-order valence-corrected chi connectivity index (χ4v) is 2.61. The van der Waals surface area contributed by atoms with Crippen LogP contribution in [0.4, 0.5) is 0 Å². The molecule has 0 unspecified atom stereocenters. The predicted octanol–water partition coefficient (Wildman–Crippen LogP) is 1.43. The molecular weight excluding hydrogens is 286 g/mol. The van der Waals surface area contributed by atoms with Crippen LogP contribution in [0.1, 0.15) is 57.8 Å². The molecule has 8 heteroatoms. The normalized spacial score (nSPS) is 12.2. The molecule has 0 spiro atoms. The number of aromatic nitrogens is 4. The average Bonchev–Trinajstić information content (AvgIpc) is 3.03. The van der Waals surface area contributed by atoms with E-state index in [1.807, 2.05) is 32.4 Å². The zero-order valence-electron chi connectivity index (χ0n) is 13.0. The maximum Gasteiger partial charge on any atom is 0.354 e. The smallest absolute Gasteiger partial charge is 0.354 e. The summed E-state index contributed by atoms with van der Waals surface area (Å²) in [7, 11) is 0. The zero-order chi connectivity index (χ0) is 16.4. The molecule has 1 atom stereocenters. The van der Waals surface area contributed by atoms with Gasteiger partial charge in [-0.15, -0.1) is 0 Å². The summed E-state index contributed by atoms with van der Waals surface area (Å²) in [5.41, 5.74) is 2.41. The number of imidazole rings is 1. The molecule has 8 nitrogen and oxygen atoms in total. The number of carbonyl (C=O) groups is 2. The van der Waals surface area contributed by atoms with Crippen molar-refractivity contribution in [2.75, 3.05) is 0 Å². The van der Waals surface area contributed by atoms with E-state index < -0.39 is 11.9 Å². The molecule has 0 fully saturated rings. The van der Waals surface area contributed by atoms with Gasteiger partial charge in [0.1, 0.15) is 0 Å². The molecule has 2 aromatic heterocycles. The Bertz CT molecular complexity index is 716. The molecular formula is C14H19N5O3. The number of H-pyrrole nitrogens is 1. The number of carbonyl (C=O) groups excluding carboxylic acids is 1. The summed E-state index contributed by atoms with van der Waals surface area (Å²) in [5, 5.41) is 16.2. The molecule has 0 aliphatic rings. The Morgan fingerprint density at radius 2 is 2.14 bits per heavy atom. The van der Waals surface area contributed by atoms with Crippen LogP contribution in [0.3, 0.4) is 0 Å². The molecule has 0 radical (unpaired) electrons. The Hall–Kier alpha value is -2.64. The van der Waals surface area contributed by atoms with Crippen molar-refractivity contribution in [2.24, 2.45) is 0 Å². The maximum absolute atomic E-state index is 12.2. The van der Waals surface area contributed by atoms with E-state index in [4.69, 9.17) is 5.11 Å². The van der Waals surface area contributed by atoms with Gasteiger partial charge in [0.2, 0.25) is 0 Å². The van der Waals surface area contributed by atoms with Crippen LogP contribution < -0.4 is 5.32 Å². The molecule has 1 amide bonds. The number of nitrogens with zero attached hydrogens (tertiary/aromatic N) is 3. The Balaban J connectivity index is 2.23. The second-order valence-corrected chi connectivity index (χ2v) is 5.03. The SMILES string of the molecule is CCn1nc(C)c([C@H](C)NC(=O)c2nc[nH]c2C(=O)O)c1C. The van der Waals surface area contributed by atoms with Gasteiger partial charge in [0.25, 0.3) is 5.91 Å². The molecule has 0 aromatic carbocycles. The molecule has 2 rings (SSSR count). The Labute approximate surface area is 127 Å². The molecule has 0 saturated carbocycles. The largest absolute Gasteiger partial charge is 0.477 e. The van der Waals surface area contributed by atoms with Crippen LogP contribution in [0.15, 0.2) is 6.33 Å². The predicted molar refractivity (Wildman–Crippen MR) is 78.8 cm³/mol. The van der Waals surface area contributed by atoms with E-state index in [1.54, 1.807) is 0 Å². The average molecular weight is 305 g/mol. The standard InChI is InChI=1S/C14H19N5O3/c1-5-19-9(4)10(8(3)18-19)7(2)17-13(20)11-12(14(21)22)16-6-15-11/h6-7H,5H2,1-4H3,(H,15,16)(H,17,20)(H,21,22)/t7-/m0/s1. The first-order valence-electron chi connectivity index (χ1n) is 6.98. The van der Waals surface area contributed by atoms with Crippen molar-refractivity contribution in [1.29, 1.82) is 0 Å². The molecule has 2 aromatic rings. The van der Waals surface area contributed by atoms with Crippen LogP contribution in [0.5, 0.6) is 0 Å². The van der Waals surface area contributed by atoms with Crippen LogP contribution in [-0.2, 0) is 6.54 Å². The summed E-state index contributed by atoms with van der Waals surface area (Å²) in [4.78, 5) is 29.5. The van der Waals surface area contributed by atoms with Crippen molar-refractivity contribution in [3.05, 3.63) is 34.7 Å². The van der Waals surface area contributed by atoms with Gasteiger partial charge in [0, 0.05) is 17.8 Å². The van der Waals surface area contributed by atoms with Crippen molar-refractivity contribution < 1.29 is 14.7 Å². The number of aromatic amines is 1. The van der Waals surface area contributed by atoms with Gasteiger partial charge in [-0.1, -0.05) is 0 Å². The van der Waals surface area contributed by atoms with Crippen molar-refractivity contribution >= 4 is 11.9 Å². The van der Waals surface area contributed by atoms with Gasteiger partial charge in [-0.3, -0.25) is 9.48 Å². The number of nitrogens with one attached hydrogen (secondary N) is 2. The molecule has 0 aliphatic carbocycles. The van der Waals surface area contributed by atoms with E-state index in [0.717, 1.165) is 23.5 Å². The second kappa shape index (κ2) is 6.00. The zero-order valence-corrected chi connectivity index (χ0v) is 13.0. The summed E-state index contributed by atoms with van der Waals surface area (Å²) < 4.78 is 1.87. The summed E-state index contributed by atoms with van der Waals surface area (Å²) in [6.45, 7) is 8.40. The molecule has 118 valence electrons. The van der Waals surface area contributed by atoms with Gasteiger partial charge in [0.15, 0.2) is 11.4 Å². The fraction of sp³-hybridized carbons (Fsp3) is 0.429. The number of carboxylic acid groups (broad SMARTS) is 1. The van der Waals surface area contributed by atoms with Gasteiger partial charge in [-0.25, -0.2) is 9.78 Å². The van der Waals surface area contributed by atoms with E-state index in [9.17, 15) is 9.59 Å². The minimum atomic E-state index is -1.22. The van der Waals surface area contributed by atoms with Crippen molar-refractivity contribution in [1.82, 2.24) is 25.1 Å². The van der Waals surface area contributed by atoms with Crippen LogP contribution in [0.2, 0.25) is 0 Å². The quantitative estimate of drug-likeness (QED) is 0.773. The highest BCUT2D eigenvalue weighted by Gasteiger charge is 2.23. The molecule has 0 bridgehead atoms. The van der Waals surface area contributed by atoms with Crippen molar-refractivity contribution in [2.45, 2.75) is 40.3 Å². The van der Waals surface area contributed by atoms with Gasteiger partial charge >= 0.3 is 5.97 Å². The second-order valence-electron chi connectivity index (χ2n) is 5.03. The lowest BCUT2D eigenvalue weighted by Gasteiger charge is -2.14. The number of aromatic carboxylic acids is 1. The van der Waals surface area contributed by atoms with Crippen molar-refractivity contribution in [3.8, 4) is 0 Å². The third kappa shape index (κ3) is 2.72. The number of hydrogen-bond donors (Lipinski definition) is 3. The number of hydrogen-bond acceptors (Lipinski definition) is 4. The van der Waals surface area contributed by atoms with Crippen LogP contribution in [0, 0.1) is 13.8 Å². The molecule has 22 heavy (non-hydrogen) atoms. The van der Waals surface area contributed by atoms with Gasteiger partial charge < -0.3 is 15.4 Å². The van der Waals surface area contributed by atoms with Crippen LogP contribution >= 0.6 is 0 Å². The van der Waals surface area contributed by atoms with E-state index in [0.29, 0.717) is 0 Å². The van der Waals surface area contributed by atoms with Gasteiger partial charge in [-0.2, -0.15) is 5.10 Å². The fourth-order valence-electron chi connectivity index (χ4n) is 2.61. The van der Waals surface area contributed by atoms with Crippen LogP contribution in [-0.4, -0.2) is 36.7 Å². The molecule has 0 aliphatic heterocycles. The number of rotatable bonds is 5. The van der Waals surface area contributed by atoms with E-state index in [1.165, 1.54) is 6.33 Å². The topological polar surface area (TPSA) is 113 Å². The Kier molecular flexibility index (Phi) is 4.30. The Morgan fingerprint density at radius 3 is 2.68 bits per heavy atom. The minimum absolute atomic E-state index is 0.127. The summed E-state index contributed by atoms with van der Waals surface area (Å²) in [6, 6.07) is -0.300. The van der Waals surface area contributed by atoms with Crippen molar-refractivity contribution in [3.63, 3.8) is 0 Å². The molecule has 2 heterocycles. The lowest BCUT2D eigenvalue weighted by Crippen LogP contribution is -2.29. The highest BCUT2D eigenvalue weighted by Crippen LogP contribution is 2.21. The summed E-state index contributed by atoms with van der Waals surface area (Å²) >= 11 is 0. The summed E-state index contributed by atoms with van der Waals surface area (Å²) in [6.07, 6.45) is 1.19. The van der Waals surface area contributed by atoms with Gasteiger partial charge in [-0.05, 0) is 27.7 Å². The molecule has 0 saturated heterocycles. The van der Waals surface area contributed by atoms with Gasteiger partial charge in [0.05, 0.1) is 18.1 Å². The number of carboxylic acids is 1. The highest BCUT2D eigenvalue weighted by molar-refractivity contribution is 6.02. The first kappa shape index (κ1) is 15.7. The number of aryl methyl sites for hydroxylation is 2. The maximum atomic E-state index is 12.2. The minimum Gasteiger partial charge on any atom is -0.477 e. The molecule has 3 N–H and O–H groups in total. The van der Waals surface area contributed by atoms with E-state index in [2.05, 4.69) is 20.4 Å². The summed E-state index contributed by atoms with van der Waals surface area (Å²) in [5.74, 6) is -1.75. The van der Waals surface area contributed by atoms with Crippen LogP contribution in [0.25, 0.3) is 0 Å². The first-order valence-corrected chi connectivity index (χ1v) is 6.98. The lowest BCUT2D eigenvalue weighted by atomic mass is 10.1. The monoisotopic (exact) mass is 305 g/mol.